The van der Waals surface area contributed by atoms with Gasteiger partial charge in [0.05, 0.1) is 22.1 Å². The molecule has 0 saturated carbocycles. The zero-order chi connectivity index (χ0) is 27.9. The molecule has 0 saturated heterocycles. The van der Waals surface area contributed by atoms with Crippen molar-refractivity contribution in [3.63, 3.8) is 0 Å². The molecule has 9 rings (SSSR count). The highest BCUT2D eigenvalue weighted by Crippen LogP contribution is 2.38. The molecule has 2 heteroatoms. The molecule has 0 amide bonds. The standard InChI is InChI=1S/C40H28N2/c1-25-29-21-19-28(42-39-17-9-5-13-33(39)34-14-6-10-18-40(34)42)24-36(29)26(2)30-22-20-27(23-35(25)30)41-37-15-7-3-11-31(37)32-12-4-8-16-38(32)41/h3-24H,1-2H3. The van der Waals surface area contributed by atoms with E-state index in [1.54, 1.807) is 0 Å². The number of aryl methyl sites for hydroxylation is 2. The third-order valence-electron chi connectivity index (χ3n) is 9.30. The van der Waals surface area contributed by atoms with Crippen molar-refractivity contribution in [2.45, 2.75) is 13.8 Å². The zero-order valence-corrected chi connectivity index (χ0v) is 23.6. The average Bonchev–Trinajstić information content (AvgIpc) is 3.56. The van der Waals surface area contributed by atoms with E-state index in [1.165, 1.54) is 87.7 Å². The quantitative estimate of drug-likeness (QED) is 0.194. The molecule has 0 N–H and O–H groups in total. The van der Waals surface area contributed by atoms with Gasteiger partial charge >= 0.3 is 0 Å². The third-order valence-corrected chi connectivity index (χ3v) is 9.30. The molecule has 0 atom stereocenters. The number of benzene rings is 7. The van der Waals surface area contributed by atoms with E-state index < -0.39 is 0 Å². The van der Waals surface area contributed by atoms with Gasteiger partial charge in [0.25, 0.3) is 0 Å². The number of aromatic nitrogens is 2. The molecule has 9 aromatic rings. The van der Waals surface area contributed by atoms with Crippen LogP contribution in [0.4, 0.5) is 0 Å². The summed E-state index contributed by atoms with van der Waals surface area (Å²) < 4.78 is 4.82. The number of rotatable bonds is 2. The maximum Gasteiger partial charge on any atom is 0.0541 e. The molecule has 0 fully saturated rings. The van der Waals surface area contributed by atoms with Gasteiger partial charge in [0.15, 0.2) is 0 Å². The van der Waals surface area contributed by atoms with Crippen LogP contribution in [0.1, 0.15) is 11.1 Å². The van der Waals surface area contributed by atoms with Crippen LogP contribution in [0.2, 0.25) is 0 Å². The van der Waals surface area contributed by atoms with E-state index in [0.29, 0.717) is 0 Å². The second-order valence-electron chi connectivity index (χ2n) is 11.4. The van der Waals surface area contributed by atoms with Crippen molar-refractivity contribution >= 4 is 65.2 Å². The first-order valence-electron chi connectivity index (χ1n) is 14.6. The summed E-state index contributed by atoms with van der Waals surface area (Å²) in [5.41, 5.74) is 10.00. The minimum Gasteiger partial charge on any atom is -0.309 e. The van der Waals surface area contributed by atoms with Crippen LogP contribution >= 0.6 is 0 Å². The number of para-hydroxylation sites is 4. The van der Waals surface area contributed by atoms with Gasteiger partial charge in [-0.15, -0.1) is 0 Å². The van der Waals surface area contributed by atoms with Gasteiger partial charge in [0, 0.05) is 32.9 Å². The van der Waals surface area contributed by atoms with Crippen molar-refractivity contribution < 1.29 is 0 Å². The molecule has 0 aliphatic heterocycles. The molecule has 0 radical (unpaired) electrons. The Labute approximate surface area is 243 Å². The summed E-state index contributed by atoms with van der Waals surface area (Å²) in [5.74, 6) is 0. The molecular weight excluding hydrogens is 508 g/mol. The van der Waals surface area contributed by atoms with Gasteiger partial charge in [-0.25, -0.2) is 0 Å². The van der Waals surface area contributed by atoms with Gasteiger partial charge in [-0.05, 0) is 95.1 Å². The van der Waals surface area contributed by atoms with Crippen LogP contribution in [0.5, 0.6) is 0 Å². The Hall–Kier alpha value is -5.34. The summed E-state index contributed by atoms with van der Waals surface area (Å²) in [6, 6.07) is 48.9. The Bertz CT molecular complexity index is 2250. The predicted octanol–water partition coefficient (Wildman–Crippen LogP) is 10.8. The molecule has 2 aromatic heterocycles. The largest absolute Gasteiger partial charge is 0.309 e. The van der Waals surface area contributed by atoms with Crippen molar-refractivity contribution in [2.75, 3.05) is 0 Å². The predicted molar refractivity (Wildman–Crippen MR) is 180 cm³/mol. The van der Waals surface area contributed by atoms with Crippen LogP contribution in [0.3, 0.4) is 0 Å². The molecule has 0 unspecified atom stereocenters. The fraction of sp³-hybridized carbons (Fsp3) is 0.0500. The van der Waals surface area contributed by atoms with Crippen LogP contribution in [-0.2, 0) is 0 Å². The van der Waals surface area contributed by atoms with Crippen LogP contribution in [0.25, 0.3) is 76.5 Å². The Morgan fingerprint density at radius 3 is 0.952 bits per heavy atom. The summed E-state index contributed by atoms with van der Waals surface area (Å²) in [6.45, 7) is 4.56. The van der Waals surface area contributed by atoms with Crippen molar-refractivity contribution in [2.24, 2.45) is 0 Å². The summed E-state index contributed by atoms with van der Waals surface area (Å²) >= 11 is 0. The molecule has 198 valence electrons. The lowest BCUT2D eigenvalue weighted by Gasteiger charge is -2.16. The summed E-state index contributed by atoms with van der Waals surface area (Å²) in [4.78, 5) is 0. The van der Waals surface area contributed by atoms with Crippen molar-refractivity contribution in [1.82, 2.24) is 9.13 Å². The minimum atomic E-state index is 1.20. The van der Waals surface area contributed by atoms with Crippen molar-refractivity contribution in [3.8, 4) is 11.4 Å². The highest BCUT2D eigenvalue weighted by Gasteiger charge is 2.16. The van der Waals surface area contributed by atoms with Crippen molar-refractivity contribution in [3.05, 3.63) is 145 Å². The van der Waals surface area contributed by atoms with Gasteiger partial charge < -0.3 is 9.13 Å². The SMILES string of the molecule is Cc1c2ccc(-n3c4ccccc4c4ccccc43)cc2c(C)c2ccc(-n3c4ccccc4c4ccccc43)cc12. The molecule has 0 aliphatic rings. The smallest absolute Gasteiger partial charge is 0.0541 e. The van der Waals surface area contributed by atoms with E-state index in [4.69, 9.17) is 0 Å². The Balaban J connectivity index is 1.29. The zero-order valence-electron chi connectivity index (χ0n) is 23.6. The first-order valence-corrected chi connectivity index (χ1v) is 14.6. The van der Waals surface area contributed by atoms with E-state index in [9.17, 15) is 0 Å². The molecule has 0 spiro atoms. The lowest BCUT2D eigenvalue weighted by molar-refractivity contribution is 1.18. The Morgan fingerprint density at radius 1 is 0.310 bits per heavy atom. The topological polar surface area (TPSA) is 9.86 Å². The second-order valence-corrected chi connectivity index (χ2v) is 11.4. The van der Waals surface area contributed by atoms with E-state index in [0.717, 1.165) is 0 Å². The van der Waals surface area contributed by atoms with Gasteiger partial charge in [-0.3, -0.25) is 0 Å². The third kappa shape index (κ3) is 3.09. The van der Waals surface area contributed by atoms with Crippen LogP contribution in [-0.4, -0.2) is 9.13 Å². The normalized spacial score (nSPS) is 12.0. The molecule has 0 bridgehead atoms. The average molecular weight is 537 g/mol. The number of nitrogens with zero attached hydrogens (tertiary/aromatic N) is 2. The monoisotopic (exact) mass is 536 g/mol. The van der Waals surface area contributed by atoms with Crippen molar-refractivity contribution in [1.29, 1.82) is 0 Å². The molecular formula is C40H28N2. The highest BCUT2D eigenvalue weighted by molar-refractivity contribution is 6.12. The van der Waals surface area contributed by atoms with Gasteiger partial charge in [0.2, 0.25) is 0 Å². The maximum atomic E-state index is 2.41. The highest BCUT2D eigenvalue weighted by atomic mass is 15.0. The van der Waals surface area contributed by atoms with Gasteiger partial charge in [-0.2, -0.15) is 0 Å². The molecule has 2 nitrogen and oxygen atoms in total. The van der Waals surface area contributed by atoms with E-state index in [1.807, 2.05) is 0 Å². The fourth-order valence-corrected chi connectivity index (χ4v) is 7.31. The number of hydrogen-bond acceptors (Lipinski definition) is 0. The Morgan fingerprint density at radius 2 is 0.619 bits per heavy atom. The molecule has 2 heterocycles. The summed E-state index contributed by atoms with van der Waals surface area (Å²) in [5, 5.41) is 10.4. The van der Waals surface area contributed by atoms with E-state index >= 15 is 0 Å². The molecule has 7 aromatic carbocycles. The lowest BCUT2D eigenvalue weighted by atomic mass is 9.92. The summed E-state index contributed by atoms with van der Waals surface area (Å²) in [6.07, 6.45) is 0. The Kier molecular flexibility index (Phi) is 4.77. The minimum absolute atomic E-state index is 1.20. The fourth-order valence-electron chi connectivity index (χ4n) is 7.31. The maximum absolute atomic E-state index is 2.41. The number of hydrogen-bond donors (Lipinski definition) is 0. The van der Waals surface area contributed by atoms with Crippen LogP contribution < -0.4 is 0 Å². The molecule has 42 heavy (non-hydrogen) atoms. The van der Waals surface area contributed by atoms with E-state index in [-0.39, 0.29) is 0 Å². The lowest BCUT2D eigenvalue weighted by Crippen LogP contribution is -1.97. The molecule has 0 aliphatic carbocycles. The second kappa shape index (κ2) is 8.58. The van der Waals surface area contributed by atoms with E-state index in [2.05, 4.69) is 156 Å². The number of fused-ring (bicyclic) bond motifs is 8. The van der Waals surface area contributed by atoms with Crippen LogP contribution in [0.15, 0.2) is 133 Å². The first-order chi connectivity index (χ1) is 20.7. The first kappa shape index (κ1) is 23.4. The van der Waals surface area contributed by atoms with Gasteiger partial charge in [-0.1, -0.05) is 84.9 Å². The van der Waals surface area contributed by atoms with Crippen LogP contribution in [0, 0.1) is 13.8 Å². The summed E-state index contributed by atoms with van der Waals surface area (Å²) in [7, 11) is 0. The van der Waals surface area contributed by atoms with Gasteiger partial charge in [0.1, 0.15) is 0 Å².